The van der Waals surface area contributed by atoms with Gasteiger partial charge >= 0.3 is 6.18 Å². The Labute approximate surface area is 78.8 Å². The van der Waals surface area contributed by atoms with E-state index < -0.39 is 19.2 Å². The fourth-order valence-electron chi connectivity index (χ4n) is 0.487. The minimum Gasteiger partial charge on any atom is -0.396 e. The van der Waals surface area contributed by atoms with Gasteiger partial charge in [0, 0.05) is 4.88 Å². The Bertz CT molecular complexity index is 206. The van der Waals surface area contributed by atoms with E-state index in [-0.39, 0.29) is 0 Å². The minimum atomic E-state index is -4.20. The summed E-state index contributed by atoms with van der Waals surface area (Å²) in [6.07, 6.45) is -5.30. The molecule has 5 heteroatoms. The van der Waals surface area contributed by atoms with Crippen molar-refractivity contribution >= 4 is 11.3 Å². The fraction of sp³-hybridized carbons (Fsp3) is 0.500. The molecule has 0 saturated carbocycles. The first-order valence-electron chi connectivity index (χ1n) is 3.63. The number of aliphatic hydroxyl groups excluding tert-OH is 1. The van der Waals surface area contributed by atoms with Gasteiger partial charge in [-0.1, -0.05) is 6.07 Å². The van der Waals surface area contributed by atoms with Gasteiger partial charge < -0.3 is 5.11 Å². The van der Waals surface area contributed by atoms with Gasteiger partial charge in [0.05, 0.1) is 13.0 Å². The zero-order valence-corrected chi connectivity index (χ0v) is 7.95. The standard InChI is InChI=1S/C5H6S.C3H5F3O/c1-5-3-2-4-6-5;4-3(5,6)1-2-7/h2-4H,1H3;7H,1-2H2. The summed E-state index contributed by atoms with van der Waals surface area (Å²) in [5.74, 6) is 0. The monoisotopic (exact) mass is 212 g/mol. The Morgan fingerprint density at radius 1 is 1.46 bits per heavy atom. The molecule has 0 aliphatic carbocycles. The quantitative estimate of drug-likeness (QED) is 0.758. The lowest BCUT2D eigenvalue weighted by Crippen LogP contribution is -2.08. The molecule has 0 aromatic carbocycles. The fourth-order valence-corrected chi connectivity index (χ4v) is 1.02. The predicted molar refractivity (Wildman–Crippen MR) is 46.8 cm³/mol. The molecule has 0 bridgehead atoms. The predicted octanol–water partition coefficient (Wildman–Crippen LogP) is 2.99. The molecule has 0 spiro atoms. The average Bonchev–Trinajstić information content (AvgIpc) is 2.38. The van der Waals surface area contributed by atoms with Crippen molar-refractivity contribution < 1.29 is 18.3 Å². The van der Waals surface area contributed by atoms with E-state index in [9.17, 15) is 13.2 Å². The molecule has 0 aliphatic rings. The summed E-state index contributed by atoms with van der Waals surface area (Å²) < 4.78 is 32.7. The van der Waals surface area contributed by atoms with Crippen LogP contribution in [0.5, 0.6) is 0 Å². The maximum absolute atomic E-state index is 10.9. The number of hydrogen-bond acceptors (Lipinski definition) is 2. The van der Waals surface area contributed by atoms with Gasteiger partial charge in [0.2, 0.25) is 0 Å². The number of hydrogen-bond donors (Lipinski definition) is 1. The third kappa shape index (κ3) is 9.36. The number of halogens is 3. The Hall–Kier alpha value is -0.550. The van der Waals surface area contributed by atoms with Crippen molar-refractivity contribution in [1.82, 2.24) is 0 Å². The van der Waals surface area contributed by atoms with Crippen molar-refractivity contribution in [1.29, 1.82) is 0 Å². The van der Waals surface area contributed by atoms with Crippen LogP contribution in [0.2, 0.25) is 0 Å². The van der Waals surface area contributed by atoms with Gasteiger partial charge in [0.1, 0.15) is 0 Å². The van der Waals surface area contributed by atoms with Crippen molar-refractivity contribution in [3.63, 3.8) is 0 Å². The number of aliphatic hydroxyl groups is 1. The minimum absolute atomic E-state index is 0.816. The summed E-state index contributed by atoms with van der Waals surface area (Å²) in [6, 6.07) is 4.16. The van der Waals surface area contributed by atoms with Crippen LogP contribution in [0.15, 0.2) is 17.5 Å². The highest BCUT2D eigenvalue weighted by atomic mass is 32.1. The van der Waals surface area contributed by atoms with Crippen LogP contribution in [0.4, 0.5) is 13.2 Å². The molecular weight excluding hydrogens is 201 g/mol. The first-order valence-corrected chi connectivity index (χ1v) is 4.51. The van der Waals surface area contributed by atoms with Crippen LogP contribution >= 0.6 is 11.3 Å². The molecule has 0 unspecified atom stereocenters. The molecule has 0 aliphatic heterocycles. The molecule has 0 atom stereocenters. The van der Waals surface area contributed by atoms with Crippen molar-refractivity contribution in [2.75, 3.05) is 6.61 Å². The maximum Gasteiger partial charge on any atom is 0.391 e. The van der Waals surface area contributed by atoms with E-state index >= 15 is 0 Å². The van der Waals surface area contributed by atoms with Crippen LogP contribution in [-0.4, -0.2) is 17.9 Å². The highest BCUT2D eigenvalue weighted by Gasteiger charge is 2.25. The molecule has 0 saturated heterocycles. The Kier molecular flexibility index (Phi) is 5.73. The second-order valence-electron chi connectivity index (χ2n) is 2.31. The first kappa shape index (κ1) is 12.4. The lowest BCUT2D eigenvalue weighted by Gasteiger charge is -1.99. The van der Waals surface area contributed by atoms with Crippen molar-refractivity contribution in [2.45, 2.75) is 19.5 Å². The Morgan fingerprint density at radius 2 is 2.08 bits per heavy atom. The van der Waals surface area contributed by atoms with Gasteiger partial charge in [-0.2, -0.15) is 13.2 Å². The summed E-state index contributed by atoms with van der Waals surface area (Å²) in [6.45, 7) is 1.29. The summed E-state index contributed by atoms with van der Waals surface area (Å²) in [5.41, 5.74) is 0. The largest absolute Gasteiger partial charge is 0.396 e. The molecule has 1 nitrogen and oxygen atoms in total. The summed E-state index contributed by atoms with van der Waals surface area (Å²) in [5, 5.41) is 9.76. The SMILES string of the molecule is Cc1cccs1.OCCC(F)(F)F. The van der Waals surface area contributed by atoms with Gasteiger partial charge in [0.25, 0.3) is 0 Å². The van der Waals surface area contributed by atoms with Gasteiger partial charge in [-0.05, 0) is 18.4 Å². The van der Waals surface area contributed by atoms with Crippen molar-refractivity contribution in [3.8, 4) is 0 Å². The summed E-state index contributed by atoms with van der Waals surface area (Å²) >= 11 is 1.78. The average molecular weight is 212 g/mol. The van der Waals surface area contributed by atoms with Crippen molar-refractivity contribution in [2.24, 2.45) is 0 Å². The van der Waals surface area contributed by atoms with Gasteiger partial charge in [-0.3, -0.25) is 0 Å². The third-order valence-corrected chi connectivity index (χ3v) is 1.86. The van der Waals surface area contributed by atoms with Crippen LogP contribution in [-0.2, 0) is 0 Å². The highest BCUT2D eigenvalue weighted by molar-refractivity contribution is 7.09. The number of thiophene rings is 1. The number of aryl methyl sites for hydroxylation is 1. The van der Waals surface area contributed by atoms with Gasteiger partial charge in [-0.25, -0.2) is 0 Å². The molecule has 0 fully saturated rings. The lowest BCUT2D eigenvalue weighted by atomic mass is 10.5. The van der Waals surface area contributed by atoms with Crippen LogP contribution in [0.1, 0.15) is 11.3 Å². The van der Waals surface area contributed by atoms with E-state index in [1.54, 1.807) is 11.3 Å². The van der Waals surface area contributed by atoms with E-state index in [4.69, 9.17) is 5.11 Å². The topological polar surface area (TPSA) is 20.2 Å². The molecule has 1 N–H and O–H groups in total. The zero-order valence-electron chi connectivity index (χ0n) is 7.14. The van der Waals surface area contributed by atoms with E-state index in [2.05, 4.69) is 24.4 Å². The Morgan fingerprint density at radius 3 is 2.15 bits per heavy atom. The molecule has 1 rings (SSSR count). The van der Waals surface area contributed by atoms with E-state index in [1.807, 2.05) is 0 Å². The van der Waals surface area contributed by atoms with Gasteiger partial charge in [0.15, 0.2) is 0 Å². The second-order valence-corrected chi connectivity index (χ2v) is 3.46. The molecule has 76 valence electrons. The normalized spacial score (nSPS) is 10.5. The molecule has 13 heavy (non-hydrogen) atoms. The van der Waals surface area contributed by atoms with Crippen LogP contribution < -0.4 is 0 Å². The summed E-state index contributed by atoms with van der Waals surface area (Å²) in [7, 11) is 0. The lowest BCUT2D eigenvalue weighted by molar-refractivity contribution is -0.141. The highest BCUT2D eigenvalue weighted by Crippen LogP contribution is 2.17. The molecular formula is C8H11F3OS. The van der Waals surface area contributed by atoms with Crippen LogP contribution in [0.3, 0.4) is 0 Å². The molecule has 1 aromatic heterocycles. The molecule has 0 amide bonds. The maximum atomic E-state index is 10.9. The molecule has 0 radical (unpaired) electrons. The van der Waals surface area contributed by atoms with E-state index in [1.165, 1.54) is 4.88 Å². The van der Waals surface area contributed by atoms with Crippen LogP contribution in [0.25, 0.3) is 0 Å². The number of alkyl halides is 3. The molecule has 1 heterocycles. The molecule has 1 aromatic rings. The smallest absolute Gasteiger partial charge is 0.391 e. The number of rotatable bonds is 1. The van der Waals surface area contributed by atoms with Crippen molar-refractivity contribution in [3.05, 3.63) is 22.4 Å². The Balaban J connectivity index is 0.000000223. The van der Waals surface area contributed by atoms with E-state index in [0.717, 1.165) is 0 Å². The van der Waals surface area contributed by atoms with E-state index in [0.29, 0.717) is 0 Å². The third-order valence-electron chi connectivity index (χ3n) is 1.06. The summed E-state index contributed by atoms with van der Waals surface area (Å²) in [4.78, 5) is 1.38. The first-order chi connectivity index (χ1) is 5.95. The van der Waals surface area contributed by atoms with Gasteiger partial charge in [-0.15, -0.1) is 11.3 Å². The van der Waals surface area contributed by atoms with Crippen LogP contribution in [0, 0.1) is 6.92 Å². The zero-order chi connectivity index (χ0) is 10.3. The second kappa shape index (κ2) is 5.99.